The normalized spacial score (nSPS) is 23.2. The van der Waals surface area contributed by atoms with Gasteiger partial charge in [-0.15, -0.1) is 0 Å². The molecular weight excluding hydrogens is 302 g/mol. The van der Waals surface area contributed by atoms with E-state index in [4.69, 9.17) is 0 Å². The fourth-order valence-electron chi connectivity index (χ4n) is 4.82. The molecule has 1 aliphatic heterocycles. The largest absolute Gasteiger partial charge is 0.293 e. The highest BCUT2D eigenvalue weighted by atomic mass is 15.2. The lowest BCUT2D eigenvalue weighted by Gasteiger charge is -2.36. The van der Waals surface area contributed by atoms with Crippen LogP contribution in [0.3, 0.4) is 0 Å². The van der Waals surface area contributed by atoms with E-state index in [0.717, 1.165) is 12.5 Å². The average Bonchev–Trinajstić information content (AvgIpc) is 3.40. The Hall–Kier alpha value is -1.60. The van der Waals surface area contributed by atoms with Gasteiger partial charge in [0.05, 0.1) is 0 Å². The molecule has 1 nitrogen and oxygen atoms in total. The molecule has 1 atom stereocenters. The van der Waals surface area contributed by atoms with E-state index in [1.165, 1.54) is 61.8 Å². The summed E-state index contributed by atoms with van der Waals surface area (Å²) in [4.78, 5) is 2.82. The molecule has 4 rings (SSSR count). The van der Waals surface area contributed by atoms with Crippen molar-refractivity contribution in [2.45, 2.75) is 70.4 Å². The Labute approximate surface area is 153 Å². The first-order chi connectivity index (χ1) is 12.2. The number of hydrogen-bond donors (Lipinski definition) is 0. The van der Waals surface area contributed by atoms with Crippen molar-refractivity contribution in [3.8, 4) is 0 Å². The van der Waals surface area contributed by atoms with Crippen LogP contribution in [0, 0.1) is 13.8 Å². The Morgan fingerprint density at radius 1 is 0.920 bits per heavy atom. The molecule has 0 radical (unpaired) electrons. The van der Waals surface area contributed by atoms with Gasteiger partial charge in [-0.3, -0.25) is 4.90 Å². The van der Waals surface area contributed by atoms with Crippen LogP contribution in [0.2, 0.25) is 0 Å². The van der Waals surface area contributed by atoms with E-state index in [-0.39, 0.29) is 0 Å². The van der Waals surface area contributed by atoms with Gasteiger partial charge >= 0.3 is 0 Å². The van der Waals surface area contributed by atoms with E-state index in [1.807, 2.05) is 0 Å². The first-order valence-electron chi connectivity index (χ1n) is 10.0. The lowest BCUT2D eigenvalue weighted by molar-refractivity contribution is 0.135. The summed E-state index contributed by atoms with van der Waals surface area (Å²) in [5, 5.41) is 0. The van der Waals surface area contributed by atoms with Gasteiger partial charge in [-0.1, -0.05) is 55.0 Å². The van der Waals surface area contributed by atoms with Gasteiger partial charge in [0.25, 0.3) is 0 Å². The highest BCUT2D eigenvalue weighted by Gasteiger charge is 2.47. The van der Waals surface area contributed by atoms with Crippen molar-refractivity contribution in [3.63, 3.8) is 0 Å². The Morgan fingerprint density at radius 2 is 1.72 bits per heavy atom. The summed E-state index contributed by atoms with van der Waals surface area (Å²) in [5.74, 6) is 0.731. The minimum atomic E-state index is 0.530. The van der Waals surface area contributed by atoms with Crippen molar-refractivity contribution in [1.82, 2.24) is 4.90 Å². The molecule has 1 saturated carbocycles. The molecule has 1 heterocycles. The van der Waals surface area contributed by atoms with Crippen molar-refractivity contribution >= 4 is 0 Å². The Morgan fingerprint density at radius 3 is 2.48 bits per heavy atom. The Kier molecular flexibility index (Phi) is 4.69. The van der Waals surface area contributed by atoms with E-state index in [0.29, 0.717) is 5.54 Å². The van der Waals surface area contributed by atoms with Crippen molar-refractivity contribution in [3.05, 3.63) is 70.8 Å². The average molecular weight is 334 g/mol. The monoisotopic (exact) mass is 333 g/mol. The molecule has 2 fully saturated rings. The number of likely N-dealkylation sites (tertiary alicyclic amines) is 1. The van der Waals surface area contributed by atoms with Crippen LogP contribution in [0.25, 0.3) is 0 Å². The van der Waals surface area contributed by atoms with Crippen LogP contribution in [0.1, 0.15) is 66.7 Å². The molecule has 0 aromatic heterocycles. The molecule has 1 saturated heterocycles. The molecule has 1 heteroatoms. The van der Waals surface area contributed by atoms with Crippen LogP contribution in [-0.4, -0.2) is 17.0 Å². The zero-order valence-electron chi connectivity index (χ0n) is 15.8. The topological polar surface area (TPSA) is 3.24 Å². The van der Waals surface area contributed by atoms with Gasteiger partial charge in [0, 0.05) is 12.1 Å². The third kappa shape index (κ3) is 3.53. The molecule has 1 aliphatic carbocycles. The number of benzene rings is 2. The van der Waals surface area contributed by atoms with Crippen LogP contribution in [-0.2, 0) is 6.54 Å². The highest BCUT2D eigenvalue weighted by molar-refractivity contribution is 5.35. The predicted octanol–water partition coefficient (Wildman–Crippen LogP) is 6.00. The predicted molar refractivity (Wildman–Crippen MR) is 106 cm³/mol. The summed E-state index contributed by atoms with van der Waals surface area (Å²) in [7, 11) is 0. The van der Waals surface area contributed by atoms with Crippen LogP contribution >= 0.6 is 0 Å². The maximum atomic E-state index is 2.82. The lowest BCUT2D eigenvalue weighted by atomic mass is 9.84. The summed E-state index contributed by atoms with van der Waals surface area (Å²) < 4.78 is 0. The number of nitrogens with zero attached hydrogens (tertiary/aromatic N) is 1. The van der Waals surface area contributed by atoms with Gasteiger partial charge in [0.15, 0.2) is 0 Å². The third-order valence-corrected chi connectivity index (χ3v) is 6.74. The second kappa shape index (κ2) is 6.96. The molecule has 2 aliphatic rings. The number of rotatable bonds is 3. The van der Waals surface area contributed by atoms with Crippen LogP contribution < -0.4 is 0 Å². The molecular formula is C24H31N. The van der Waals surface area contributed by atoms with Crippen molar-refractivity contribution < 1.29 is 0 Å². The van der Waals surface area contributed by atoms with Gasteiger partial charge in [0.2, 0.25) is 0 Å². The molecule has 0 amide bonds. The molecule has 1 spiro atoms. The number of aryl methyl sites for hydroxylation is 1. The van der Waals surface area contributed by atoms with Gasteiger partial charge in [-0.25, -0.2) is 0 Å². The highest BCUT2D eigenvalue weighted by Crippen LogP contribution is 2.49. The first kappa shape index (κ1) is 16.8. The van der Waals surface area contributed by atoms with Crippen LogP contribution in [0.4, 0.5) is 0 Å². The SMILES string of the molecule is Cc1cccc(C2CCCC3(CC3)N(Cc3ccccc3)CC2)c1C. The van der Waals surface area contributed by atoms with E-state index < -0.39 is 0 Å². The second-order valence-corrected chi connectivity index (χ2v) is 8.30. The fraction of sp³-hybridized carbons (Fsp3) is 0.500. The Balaban J connectivity index is 1.52. The second-order valence-electron chi connectivity index (χ2n) is 8.30. The van der Waals surface area contributed by atoms with Crippen LogP contribution in [0.15, 0.2) is 48.5 Å². The lowest BCUT2D eigenvalue weighted by Crippen LogP contribution is -2.39. The minimum Gasteiger partial charge on any atom is -0.293 e. The molecule has 0 N–H and O–H groups in total. The fourth-order valence-corrected chi connectivity index (χ4v) is 4.82. The molecule has 132 valence electrons. The maximum Gasteiger partial charge on any atom is 0.0239 e. The van der Waals surface area contributed by atoms with Crippen molar-refractivity contribution in [2.24, 2.45) is 0 Å². The smallest absolute Gasteiger partial charge is 0.0239 e. The standard InChI is InChI=1S/C24H31N/c1-19-8-6-12-23(20(19)2)22-11-7-14-24(15-16-24)25(17-13-22)18-21-9-4-3-5-10-21/h3-6,8-10,12,22H,7,11,13-18H2,1-2H3. The summed E-state index contributed by atoms with van der Waals surface area (Å²) in [6.45, 7) is 6.93. The minimum absolute atomic E-state index is 0.530. The summed E-state index contributed by atoms with van der Waals surface area (Å²) >= 11 is 0. The maximum absolute atomic E-state index is 2.82. The quantitative estimate of drug-likeness (QED) is 0.666. The summed E-state index contributed by atoms with van der Waals surface area (Å²) in [5.41, 5.74) is 6.56. The molecule has 2 aromatic rings. The molecule has 0 bridgehead atoms. The van der Waals surface area contributed by atoms with Crippen molar-refractivity contribution in [2.75, 3.05) is 6.54 Å². The van der Waals surface area contributed by atoms with E-state index in [1.54, 1.807) is 5.56 Å². The van der Waals surface area contributed by atoms with Crippen LogP contribution in [0.5, 0.6) is 0 Å². The van der Waals surface area contributed by atoms with E-state index >= 15 is 0 Å². The number of hydrogen-bond acceptors (Lipinski definition) is 1. The summed E-state index contributed by atoms with van der Waals surface area (Å²) in [6.07, 6.45) is 8.26. The van der Waals surface area contributed by atoms with E-state index in [9.17, 15) is 0 Å². The Bertz CT molecular complexity index is 714. The van der Waals surface area contributed by atoms with Gasteiger partial charge < -0.3 is 0 Å². The zero-order chi connectivity index (χ0) is 17.3. The van der Waals surface area contributed by atoms with Gasteiger partial charge in [0.1, 0.15) is 0 Å². The first-order valence-corrected chi connectivity index (χ1v) is 10.0. The molecule has 25 heavy (non-hydrogen) atoms. The van der Waals surface area contributed by atoms with Gasteiger partial charge in [-0.2, -0.15) is 0 Å². The van der Waals surface area contributed by atoms with Crippen molar-refractivity contribution in [1.29, 1.82) is 0 Å². The molecule has 2 aromatic carbocycles. The zero-order valence-corrected chi connectivity index (χ0v) is 15.8. The van der Waals surface area contributed by atoms with E-state index in [2.05, 4.69) is 67.3 Å². The third-order valence-electron chi connectivity index (χ3n) is 6.74. The van der Waals surface area contributed by atoms with Gasteiger partial charge in [-0.05, 0) is 80.7 Å². The molecule has 1 unspecified atom stereocenters. The summed E-state index contributed by atoms with van der Waals surface area (Å²) in [6, 6.07) is 17.9.